The Kier molecular flexibility index (Phi) is 5.81. The fraction of sp³-hybridized carbons (Fsp3) is 0.286. The smallest absolute Gasteiger partial charge is 0.266 e. The largest absolute Gasteiger partial charge is 0.478 e. The van der Waals surface area contributed by atoms with Crippen LogP contribution in [0.4, 0.5) is 5.13 Å². The summed E-state index contributed by atoms with van der Waals surface area (Å²) in [6, 6.07) is 8.73. The van der Waals surface area contributed by atoms with Crippen LogP contribution in [-0.2, 0) is 17.8 Å². The van der Waals surface area contributed by atoms with Gasteiger partial charge < -0.3 is 9.64 Å². The minimum Gasteiger partial charge on any atom is -0.478 e. The number of thiophene rings is 1. The van der Waals surface area contributed by atoms with Gasteiger partial charge >= 0.3 is 0 Å². The molecule has 0 unspecified atom stereocenters. The molecule has 2 aromatic heterocycles. The molecule has 1 aliphatic rings. The van der Waals surface area contributed by atoms with Crippen LogP contribution in [0.2, 0.25) is 5.02 Å². The third kappa shape index (κ3) is 4.50. The van der Waals surface area contributed by atoms with Crippen molar-refractivity contribution >= 4 is 51.2 Å². The summed E-state index contributed by atoms with van der Waals surface area (Å²) >= 11 is 8.80. The van der Waals surface area contributed by atoms with Crippen molar-refractivity contribution in [3.63, 3.8) is 0 Å². The summed E-state index contributed by atoms with van der Waals surface area (Å²) in [7, 11) is 0. The van der Waals surface area contributed by atoms with Gasteiger partial charge in [-0.15, -0.1) is 0 Å². The lowest BCUT2D eigenvalue weighted by Crippen LogP contribution is -2.50. The highest BCUT2D eigenvalue weighted by atomic mass is 35.5. The Morgan fingerprint density at radius 2 is 2.00 bits per heavy atom. The molecule has 0 saturated heterocycles. The van der Waals surface area contributed by atoms with Gasteiger partial charge in [0.1, 0.15) is 5.75 Å². The number of hydrogen-bond donors (Lipinski definition) is 1. The van der Waals surface area contributed by atoms with E-state index in [4.69, 9.17) is 16.3 Å². The first-order valence-electron chi connectivity index (χ1n) is 9.38. The minimum atomic E-state index is -1.02. The maximum absolute atomic E-state index is 13.1. The molecule has 0 saturated carbocycles. The van der Waals surface area contributed by atoms with Gasteiger partial charge in [-0.1, -0.05) is 22.9 Å². The van der Waals surface area contributed by atoms with E-state index in [9.17, 15) is 9.59 Å². The van der Waals surface area contributed by atoms with E-state index >= 15 is 0 Å². The monoisotopic (exact) mass is 461 g/mol. The molecule has 2 amide bonds. The van der Waals surface area contributed by atoms with Crippen LogP contribution in [0.3, 0.4) is 0 Å². The van der Waals surface area contributed by atoms with Crippen molar-refractivity contribution in [2.24, 2.45) is 0 Å². The predicted octanol–water partition coefficient (Wildman–Crippen LogP) is 4.85. The van der Waals surface area contributed by atoms with Gasteiger partial charge in [0.05, 0.1) is 17.8 Å². The molecule has 0 fully saturated rings. The molecule has 6 nitrogen and oxygen atoms in total. The highest BCUT2D eigenvalue weighted by molar-refractivity contribution is 7.16. The number of anilines is 1. The van der Waals surface area contributed by atoms with E-state index in [2.05, 4.69) is 10.3 Å². The quantitative estimate of drug-likeness (QED) is 0.589. The number of carbonyl (C=O) groups excluding carboxylic acids is 2. The second-order valence-electron chi connectivity index (χ2n) is 7.40. The van der Waals surface area contributed by atoms with E-state index in [0.29, 0.717) is 41.0 Å². The number of hydrogen-bond acceptors (Lipinski definition) is 6. The zero-order valence-corrected chi connectivity index (χ0v) is 18.9. The molecule has 0 aliphatic carbocycles. The number of thiazole rings is 1. The zero-order valence-electron chi connectivity index (χ0n) is 16.5. The summed E-state index contributed by atoms with van der Waals surface area (Å²) in [5, 5.41) is 7.68. The summed E-state index contributed by atoms with van der Waals surface area (Å²) in [5.74, 6) is 0.319. The second-order valence-corrected chi connectivity index (χ2v) is 9.70. The first kappa shape index (κ1) is 20.8. The number of ether oxygens (including phenoxy) is 1. The van der Waals surface area contributed by atoms with Crippen molar-refractivity contribution in [1.82, 2.24) is 9.88 Å². The highest BCUT2D eigenvalue weighted by Crippen LogP contribution is 2.31. The summed E-state index contributed by atoms with van der Waals surface area (Å²) in [6.07, 6.45) is 0.642. The van der Waals surface area contributed by atoms with Crippen LogP contribution in [0.1, 0.15) is 34.8 Å². The van der Waals surface area contributed by atoms with Crippen LogP contribution in [-0.4, -0.2) is 33.8 Å². The average molecular weight is 462 g/mol. The van der Waals surface area contributed by atoms with Crippen molar-refractivity contribution in [1.29, 1.82) is 0 Å². The lowest BCUT2D eigenvalue weighted by atomic mass is 10.1. The van der Waals surface area contributed by atoms with E-state index in [1.54, 1.807) is 54.5 Å². The van der Waals surface area contributed by atoms with Gasteiger partial charge in [0.15, 0.2) is 10.7 Å². The molecule has 0 spiro atoms. The molecule has 3 aromatic rings. The fourth-order valence-corrected chi connectivity index (χ4v) is 4.99. The van der Waals surface area contributed by atoms with Gasteiger partial charge in [0, 0.05) is 28.2 Å². The summed E-state index contributed by atoms with van der Waals surface area (Å²) in [4.78, 5) is 32.7. The van der Waals surface area contributed by atoms with Gasteiger partial charge in [0.25, 0.3) is 11.8 Å². The molecule has 9 heteroatoms. The number of fused-ring (bicyclic) bond motifs is 1. The summed E-state index contributed by atoms with van der Waals surface area (Å²) < 4.78 is 5.94. The van der Waals surface area contributed by atoms with Gasteiger partial charge in [-0.3, -0.25) is 14.9 Å². The van der Waals surface area contributed by atoms with Crippen LogP contribution in [0.15, 0.2) is 41.1 Å². The van der Waals surface area contributed by atoms with Gasteiger partial charge in [-0.2, -0.15) is 11.3 Å². The van der Waals surface area contributed by atoms with Crippen LogP contribution in [0.25, 0.3) is 0 Å². The highest BCUT2D eigenvalue weighted by Gasteiger charge is 2.36. The number of amides is 2. The predicted molar refractivity (Wildman–Crippen MR) is 120 cm³/mol. The standard InChI is InChI=1S/C21H20ClN3O3S2/c1-21(2,28-15-5-3-14(22)4-6-15)19(27)25-9-7-16-17(11-25)30-20(23-16)24-18(26)13-8-10-29-12-13/h3-6,8,10,12H,7,9,11H2,1-2H3,(H,23,24,26). The topological polar surface area (TPSA) is 71.5 Å². The fourth-order valence-electron chi connectivity index (χ4n) is 3.21. The zero-order chi connectivity index (χ0) is 21.3. The molecule has 156 valence electrons. The van der Waals surface area contributed by atoms with Crippen LogP contribution >= 0.6 is 34.3 Å². The third-order valence-electron chi connectivity index (χ3n) is 4.72. The van der Waals surface area contributed by atoms with E-state index in [0.717, 1.165) is 10.6 Å². The Morgan fingerprint density at radius 1 is 1.23 bits per heavy atom. The SMILES string of the molecule is CC(C)(Oc1ccc(Cl)cc1)C(=O)N1CCc2nc(NC(=O)c3ccsc3)sc2C1. The third-order valence-corrected chi connectivity index (χ3v) is 6.66. The normalized spacial score (nSPS) is 13.6. The number of nitrogens with one attached hydrogen (secondary N) is 1. The summed E-state index contributed by atoms with van der Waals surface area (Å²) in [5.41, 5.74) is 0.526. The number of nitrogens with zero attached hydrogens (tertiary/aromatic N) is 2. The number of benzene rings is 1. The molecule has 0 bridgehead atoms. The molecule has 3 heterocycles. The van der Waals surface area contributed by atoms with Crippen LogP contribution < -0.4 is 10.1 Å². The molecule has 30 heavy (non-hydrogen) atoms. The molecule has 0 atom stereocenters. The van der Waals surface area contributed by atoms with Crippen molar-refractivity contribution in [3.8, 4) is 5.75 Å². The molecule has 0 radical (unpaired) electrons. The maximum atomic E-state index is 13.1. The van der Waals surface area contributed by atoms with E-state index in [1.807, 2.05) is 5.38 Å². The first-order chi connectivity index (χ1) is 14.3. The molecule has 1 aliphatic heterocycles. The Bertz CT molecular complexity index is 1060. The molecular weight excluding hydrogens is 442 g/mol. The molecular formula is C21H20ClN3O3S2. The van der Waals surface area contributed by atoms with Crippen molar-refractivity contribution < 1.29 is 14.3 Å². The van der Waals surface area contributed by atoms with Crippen molar-refractivity contribution in [3.05, 3.63) is 62.2 Å². The number of aromatic nitrogens is 1. The first-order valence-corrected chi connectivity index (χ1v) is 11.5. The Balaban J connectivity index is 1.43. The molecule has 1 N–H and O–H groups in total. The number of carbonyl (C=O) groups is 2. The number of halogens is 1. The Hall–Kier alpha value is -2.42. The second kappa shape index (κ2) is 8.37. The maximum Gasteiger partial charge on any atom is 0.266 e. The van der Waals surface area contributed by atoms with E-state index in [-0.39, 0.29) is 11.8 Å². The average Bonchev–Trinajstić information content (AvgIpc) is 3.37. The van der Waals surface area contributed by atoms with E-state index in [1.165, 1.54) is 22.7 Å². The summed E-state index contributed by atoms with van der Waals surface area (Å²) in [6.45, 7) is 4.53. The van der Waals surface area contributed by atoms with Crippen LogP contribution in [0.5, 0.6) is 5.75 Å². The lowest BCUT2D eigenvalue weighted by Gasteiger charge is -2.34. The van der Waals surface area contributed by atoms with Gasteiger partial charge in [0.2, 0.25) is 0 Å². The van der Waals surface area contributed by atoms with Gasteiger partial charge in [-0.05, 0) is 49.6 Å². The minimum absolute atomic E-state index is 0.0969. The number of rotatable bonds is 5. The van der Waals surface area contributed by atoms with E-state index < -0.39 is 5.60 Å². The Labute approximate surface area is 187 Å². The Morgan fingerprint density at radius 3 is 2.70 bits per heavy atom. The lowest BCUT2D eigenvalue weighted by molar-refractivity contribution is -0.146. The van der Waals surface area contributed by atoms with Crippen LogP contribution in [0, 0.1) is 0 Å². The van der Waals surface area contributed by atoms with Gasteiger partial charge in [-0.25, -0.2) is 4.98 Å². The molecule has 1 aromatic carbocycles. The van der Waals surface area contributed by atoms with Crippen molar-refractivity contribution in [2.75, 3.05) is 11.9 Å². The van der Waals surface area contributed by atoms with Crippen molar-refractivity contribution in [2.45, 2.75) is 32.4 Å². The molecule has 4 rings (SSSR count).